The molecule has 0 amide bonds. The Morgan fingerprint density at radius 2 is 2.20 bits per heavy atom. The topological polar surface area (TPSA) is 9.23 Å². The summed E-state index contributed by atoms with van der Waals surface area (Å²) in [5.41, 5.74) is 1.32. The summed E-state index contributed by atoms with van der Waals surface area (Å²) in [6, 6.07) is 0. The van der Waals surface area contributed by atoms with Crippen LogP contribution in [0.4, 0.5) is 0 Å². The zero-order chi connectivity index (χ0) is 7.82. The summed E-state index contributed by atoms with van der Waals surface area (Å²) in [6.45, 7) is 8.01. The van der Waals surface area contributed by atoms with E-state index in [9.17, 15) is 0 Å². The van der Waals surface area contributed by atoms with Crippen molar-refractivity contribution in [3.05, 3.63) is 11.6 Å². The quantitative estimate of drug-likeness (QED) is 0.423. The van der Waals surface area contributed by atoms with Crippen molar-refractivity contribution >= 4 is 0 Å². The summed E-state index contributed by atoms with van der Waals surface area (Å²) in [4.78, 5) is 0. The minimum Gasteiger partial charge on any atom is -0.377 e. The van der Waals surface area contributed by atoms with Crippen molar-refractivity contribution in [1.82, 2.24) is 0 Å². The van der Waals surface area contributed by atoms with E-state index in [0.29, 0.717) is 0 Å². The molecule has 0 saturated heterocycles. The SMILES string of the molecule is CC=C(C)COCCCC. The Hall–Kier alpha value is -0.300. The van der Waals surface area contributed by atoms with Crippen LogP contribution in [0.2, 0.25) is 0 Å². The van der Waals surface area contributed by atoms with Crippen molar-refractivity contribution in [2.24, 2.45) is 0 Å². The van der Waals surface area contributed by atoms with Crippen LogP contribution in [0, 0.1) is 0 Å². The van der Waals surface area contributed by atoms with Gasteiger partial charge >= 0.3 is 0 Å². The van der Waals surface area contributed by atoms with Gasteiger partial charge in [-0.3, -0.25) is 0 Å². The van der Waals surface area contributed by atoms with Gasteiger partial charge < -0.3 is 4.74 Å². The smallest absolute Gasteiger partial charge is 0.0673 e. The molecule has 60 valence electrons. The summed E-state index contributed by atoms with van der Waals surface area (Å²) in [6.07, 6.45) is 4.48. The van der Waals surface area contributed by atoms with Gasteiger partial charge in [0.1, 0.15) is 0 Å². The lowest BCUT2D eigenvalue weighted by atomic mass is 10.3. The molecule has 0 atom stereocenters. The highest BCUT2D eigenvalue weighted by atomic mass is 16.5. The van der Waals surface area contributed by atoms with Crippen molar-refractivity contribution in [1.29, 1.82) is 0 Å². The van der Waals surface area contributed by atoms with E-state index in [4.69, 9.17) is 4.74 Å². The molecule has 1 nitrogen and oxygen atoms in total. The fraction of sp³-hybridized carbons (Fsp3) is 0.778. The van der Waals surface area contributed by atoms with Gasteiger partial charge in [0.25, 0.3) is 0 Å². The average Bonchev–Trinajstić information content (AvgIpc) is 1.98. The Labute approximate surface area is 64.1 Å². The summed E-state index contributed by atoms with van der Waals surface area (Å²) < 4.78 is 5.36. The molecule has 0 aromatic rings. The summed E-state index contributed by atoms with van der Waals surface area (Å²) in [7, 11) is 0. The molecule has 0 aliphatic rings. The largest absolute Gasteiger partial charge is 0.377 e. The first-order valence-electron chi connectivity index (χ1n) is 4.00. The fourth-order valence-electron chi connectivity index (χ4n) is 0.563. The van der Waals surface area contributed by atoms with Gasteiger partial charge in [0, 0.05) is 6.61 Å². The highest BCUT2D eigenvalue weighted by Gasteiger charge is 1.87. The second kappa shape index (κ2) is 6.81. The molecule has 0 heterocycles. The lowest BCUT2D eigenvalue weighted by Gasteiger charge is -2.01. The molecule has 0 aliphatic heterocycles. The van der Waals surface area contributed by atoms with Gasteiger partial charge in [-0.2, -0.15) is 0 Å². The predicted octanol–water partition coefficient (Wildman–Crippen LogP) is 2.77. The third-order valence-corrected chi connectivity index (χ3v) is 1.46. The van der Waals surface area contributed by atoms with E-state index in [1.165, 1.54) is 18.4 Å². The zero-order valence-electron chi connectivity index (χ0n) is 7.31. The van der Waals surface area contributed by atoms with Gasteiger partial charge in [-0.1, -0.05) is 25.0 Å². The molecule has 0 unspecified atom stereocenters. The van der Waals surface area contributed by atoms with Gasteiger partial charge in [0.15, 0.2) is 0 Å². The van der Waals surface area contributed by atoms with Gasteiger partial charge in [-0.15, -0.1) is 0 Å². The second-order valence-corrected chi connectivity index (χ2v) is 2.54. The fourth-order valence-corrected chi connectivity index (χ4v) is 0.563. The molecular weight excluding hydrogens is 124 g/mol. The monoisotopic (exact) mass is 142 g/mol. The number of ether oxygens (including phenoxy) is 1. The van der Waals surface area contributed by atoms with Crippen LogP contribution in [0.1, 0.15) is 33.6 Å². The van der Waals surface area contributed by atoms with Crippen LogP contribution in [-0.4, -0.2) is 13.2 Å². The number of allylic oxidation sites excluding steroid dienone is 1. The van der Waals surface area contributed by atoms with Crippen LogP contribution in [0.3, 0.4) is 0 Å². The van der Waals surface area contributed by atoms with Gasteiger partial charge in [-0.25, -0.2) is 0 Å². The molecule has 10 heavy (non-hydrogen) atoms. The van der Waals surface area contributed by atoms with Crippen LogP contribution in [0.5, 0.6) is 0 Å². The van der Waals surface area contributed by atoms with Crippen LogP contribution in [-0.2, 0) is 4.74 Å². The van der Waals surface area contributed by atoms with Crippen LogP contribution in [0.15, 0.2) is 11.6 Å². The minimum absolute atomic E-state index is 0.802. The molecule has 0 aromatic heterocycles. The lowest BCUT2D eigenvalue weighted by molar-refractivity contribution is 0.152. The Kier molecular flexibility index (Phi) is 6.61. The summed E-state index contributed by atoms with van der Waals surface area (Å²) >= 11 is 0. The van der Waals surface area contributed by atoms with E-state index < -0.39 is 0 Å². The molecular formula is C9H18O. The predicted molar refractivity (Wildman–Crippen MR) is 45.2 cm³/mol. The Bertz CT molecular complexity index is 94.9. The van der Waals surface area contributed by atoms with E-state index in [2.05, 4.69) is 19.9 Å². The first-order chi connectivity index (χ1) is 4.81. The Morgan fingerprint density at radius 3 is 2.70 bits per heavy atom. The van der Waals surface area contributed by atoms with E-state index in [-0.39, 0.29) is 0 Å². The number of hydrogen-bond donors (Lipinski definition) is 0. The van der Waals surface area contributed by atoms with E-state index in [1.54, 1.807) is 0 Å². The molecule has 0 bridgehead atoms. The number of rotatable bonds is 5. The molecule has 0 spiro atoms. The van der Waals surface area contributed by atoms with Gasteiger partial charge in [0.05, 0.1) is 6.61 Å². The molecule has 0 aliphatic carbocycles. The minimum atomic E-state index is 0.802. The molecule has 0 rings (SSSR count). The Morgan fingerprint density at radius 1 is 1.50 bits per heavy atom. The zero-order valence-corrected chi connectivity index (χ0v) is 7.31. The van der Waals surface area contributed by atoms with Crippen LogP contribution < -0.4 is 0 Å². The Balaban J connectivity index is 3.04. The molecule has 0 aromatic carbocycles. The maximum Gasteiger partial charge on any atom is 0.0673 e. The third kappa shape index (κ3) is 5.83. The maximum atomic E-state index is 5.36. The van der Waals surface area contributed by atoms with Crippen molar-refractivity contribution in [2.75, 3.05) is 13.2 Å². The van der Waals surface area contributed by atoms with E-state index in [0.717, 1.165) is 13.2 Å². The highest BCUT2D eigenvalue weighted by Crippen LogP contribution is 1.94. The molecule has 1 heteroatoms. The highest BCUT2D eigenvalue weighted by molar-refractivity contribution is 4.95. The van der Waals surface area contributed by atoms with Gasteiger partial charge in [-0.05, 0) is 20.3 Å². The lowest BCUT2D eigenvalue weighted by Crippen LogP contribution is -1.96. The molecule has 0 radical (unpaired) electrons. The number of unbranched alkanes of at least 4 members (excludes halogenated alkanes) is 1. The van der Waals surface area contributed by atoms with Gasteiger partial charge in [0.2, 0.25) is 0 Å². The van der Waals surface area contributed by atoms with E-state index in [1.807, 2.05) is 6.92 Å². The molecule has 0 fully saturated rings. The van der Waals surface area contributed by atoms with Crippen molar-refractivity contribution in [2.45, 2.75) is 33.6 Å². The van der Waals surface area contributed by atoms with Crippen LogP contribution >= 0.6 is 0 Å². The van der Waals surface area contributed by atoms with Crippen molar-refractivity contribution in [3.8, 4) is 0 Å². The average molecular weight is 142 g/mol. The third-order valence-electron chi connectivity index (χ3n) is 1.46. The standard InChI is InChI=1S/C9H18O/c1-4-6-7-10-8-9(3)5-2/h5H,4,6-8H2,1-3H3. The maximum absolute atomic E-state index is 5.36. The summed E-state index contributed by atoms with van der Waals surface area (Å²) in [5.74, 6) is 0. The first-order valence-corrected chi connectivity index (χ1v) is 4.00. The molecule has 0 N–H and O–H groups in total. The van der Waals surface area contributed by atoms with Crippen LogP contribution in [0.25, 0.3) is 0 Å². The molecule has 0 saturated carbocycles. The van der Waals surface area contributed by atoms with E-state index >= 15 is 0 Å². The number of hydrogen-bond acceptors (Lipinski definition) is 1. The second-order valence-electron chi connectivity index (χ2n) is 2.54. The normalized spacial score (nSPS) is 12.1. The first kappa shape index (κ1) is 9.70. The van der Waals surface area contributed by atoms with Crippen molar-refractivity contribution in [3.63, 3.8) is 0 Å². The summed E-state index contributed by atoms with van der Waals surface area (Å²) in [5, 5.41) is 0. The van der Waals surface area contributed by atoms with Crippen molar-refractivity contribution < 1.29 is 4.74 Å².